The number of aromatic nitrogens is 2. The van der Waals surface area contributed by atoms with Gasteiger partial charge < -0.3 is 14.6 Å². The molecule has 1 aliphatic heterocycles. The van der Waals surface area contributed by atoms with Crippen molar-refractivity contribution in [1.29, 1.82) is 0 Å². The lowest BCUT2D eigenvalue weighted by atomic mass is 9.94. The standard InChI is InChI=1S/C20H17N3O5S2/c1-10-21-22-20(30-10)23-16(12-9-11(27-2)6-7-13(12)28-3)15(18(25)19(23)26)17(24)14-5-4-8-29-14/h4-9,16,25H,1-3H3/t16-/m0/s1. The molecule has 0 radical (unpaired) electrons. The molecule has 0 saturated heterocycles. The number of benzene rings is 1. The minimum Gasteiger partial charge on any atom is -0.503 e. The number of amides is 1. The van der Waals surface area contributed by atoms with Gasteiger partial charge in [-0.15, -0.1) is 21.5 Å². The third kappa shape index (κ3) is 3.23. The van der Waals surface area contributed by atoms with E-state index >= 15 is 0 Å². The topological polar surface area (TPSA) is 102 Å². The van der Waals surface area contributed by atoms with Crippen LogP contribution >= 0.6 is 22.7 Å². The molecule has 30 heavy (non-hydrogen) atoms. The van der Waals surface area contributed by atoms with Gasteiger partial charge in [-0.1, -0.05) is 17.4 Å². The number of thiophene rings is 1. The molecule has 1 aliphatic rings. The number of carbonyl (C=O) groups excluding carboxylic acids is 2. The normalized spacial score (nSPS) is 16.3. The van der Waals surface area contributed by atoms with Gasteiger partial charge >= 0.3 is 0 Å². The second-order valence-electron chi connectivity index (χ2n) is 6.36. The van der Waals surface area contributed by atoms with E-state index in [2.05, 4.69) is 10.2 Å². The minimum absolute atomic E-state index is 0.0399. The number of ether oxygens (including phenoxy) is 2. The number of hydrogen-bond acceptors (Lipinski definition) is 9. The zero-order chi connectivity index (χ0) is 21.4. The number of hydrogen-bond donors (Lipinski definition) is 1. The second-order valence-corrected chi connectivity index (χ2v) is 8.47. The van der Waals surface area contributed by atoms with E-state index in [9.17, 15) is 14.7 Å². The number of Topliss-reactive ketones (excluding diaryl/α,β-unsaturated/α-hetero) is 1. The summed E-state index contributed by atoms with van der Waals surface area (Å²) in [4.78, 5) is 28.1. The van der Waals surface area contributed by atoms with E-state index in [-0.39, 0.29) is 10.7 Å². The molecular formula is C20H17N3O5S2. The smallest absolute Gasteiger partial charge is 0.296 e. The summed E-state index contributed by atoms with van der Waals surface area (Å²) in [5.74, 6) is -0.821. The predicted octanol–water partition coefficient (Wildman–Crippen LogP) is 3.71. The molecule has 10 heteroatoms. The summed E-state index contributed by atoms with van der Waals surface area (Å²) in [6.45, 7) is 1.76. The molecule has 0 spiro atoms. The number of methoxy groups -OCH3 is 2. The van der Waals surface area contributed by atoms with Crippen LogP contribution in [0.1, 0.15) is 26.3 Å². The Kier molecular flexibility index (Phi) is 5.27. The molecule has 154 valence electrons. The molecule has 2 aromatic heterocycles. The maximum absolute atomic E-state index is 13.3. The van der Waals surface area contributed by atoms with Gasteiger partial charge in [0.05, 0.1) is 24.7 Å². The van der Waals surface area contributed by atoms with Crippen LogP contribution in [-0.2, 0) is 4.79 Å². The van der Waals surface area contributed by atoms with Crippen molar-refractivity contribution >= 4 is 39.5 Å². The lowest BCUT2D eigenvalue weighted by molar-refractivity contribution is -0.117. The van der Waals surface area contributed by atoms with Crippen LogP contribution in [0.4, 0.5) is 5.13 Å². The molecule has 8 nitrogen and oxygen atoms in total. The first-order chi connectivity index (χ1) is 14.5. The second kappa shape index (κ2) is 7.88. The molecule has 0 unspecified atom stereocenters. The van der Waals surface area contributed by atoms with Gasteiger partial charge in [-0.3, -0.25) is 14.5 Å². The Morgan fingerprint density at radius 3 is 2.60 bits per heavy atom. The summed E-state index contributed by atoms with van der Waals surface area (Å²) < 4.78 is 10.8. The van der Waals surface area contributed by atoms with E-state index in [0.29, 0.717) is 26.9 Å². The first-order valence-corrected chi connectivity index (χ1v) is 10.5. The number of aliphatic hydroxyl groups excluding tert-OH is 1. The molecule has 3 heterocycles. The number of rotatable bonds is 6. The molecule has 1 amide bonds. The molecule has 0 fully saturated rings. The fourth-order valence-electron chi connectivity index (χ4n) is 3.31. The number of aliphatic hydroxyl groups is 1. The number of ketones is 1. The summed E-state index contributed by atoms with van der Waals surface area (Å²) in [5.41, 5.74) is 0.448. The molecule has 1 aromatic carbocycles. The summed E-state index contributed by atoms with van der Waals surface area (Å²) in [7, 11) is 3.01. The van der Waals surface area contributed by atoms with Gasteiger partial charge in [-0.05, 0) is 36.6 Å². The van der Waals surface area contributed by atoms with Crippen LogP contribution in [0.3, 0.4) is 0 Å². The third-order valence-electron chi connectivity index (χ3n) is 4.65. The van der Waals surface area contributed by atoms with Crippen molar-refractivity contribution in [2.75, 3.05) is 19.1 Å². The third-order valence-corrected chi connectivity index (χ3v) is 6.36. The van der Waals surface area contributed by atoms with Gasteiger partial charge in [-0.2, -0.15) is 0 Å². The maximum atomic E-state index is 13.3. The van der Waals surface area contributed by atoms with Crippen molar-refractivity contribution in [3.8, 4) is 11.5 Å². The molecule has 0 saturated carbocycles. The Morgan fingerprint density at radius 2 is 2.00 bits per heavy atom. The molecular weight excluding hydrogens is 426 g/mol. The Balaban J connectivity index is 1.95. The highest BCUT2D eigenvalue weighted by Gasteiger charge is 2.47. The van der Waals surface area contributed by atoms with E-state index < -0.39 is 23.5 Å². The highest BCUT2D eigenvalue weighted by molar-refractivity contribution is 7.15. The van der Waals surface area contributed by atoms with Crippen molar-refractivity contribution in [3.63, 3.8) is 0 Å². The van der Waals surface area contributed by atoms with Crippen molar-refractivity contribution in [2.24, 2.45) is 0 Å². The van der Waals surface area contributed by atoms with E-state index in [1.807, 2.05) is 0 Å². The van der Waals surface area contributed by atoms with E-state index in [1.54, 1.807) is 42.6 Å². The first-order valence-electron chi connectivity index (χ1n) is 8.83. The van der Waals surface area contributed by atoms with Crippen molar-refractivity contribution in [1.82, 2.24) is 10.2 Å². The lowest BCUT2D eigenvalue weighted by Gasteiger charge is -2.25. The monoisotopic (exact) mass is 443 g/mol. The lowest BCUT2D eigenvalue weighted by Crippen LogP contribution is -2.31. The Hall–Kier alpha value is -3.24. The van der Waals surface area contributed by atoms with Gasteiger partial charge in [0, 0.05) is 5.56 Å². The SMILES string of the molecule is COc1ccc(OC)c([C@H]2C(C(=O)c3cccs3)=C(O)C(=O)N2c2nnc(C)s2)c1. The zero-order valence-electron chi connectivity index (χ0n) is 16.3. The van der Waals surface area contributed by atoms with Crippen LogP contribution in [0, 0.1) is 6.92 Å². The van der Waals surface area contributed by atoms with E-state index in [1.165, 1.54) is 41.8 Å². The summed E-state index contributed by atoms with van der Waals surface area (Å²) in [5, 5.41) is 21.5. The fraction of sp³-hybridized carbons (Fsp3) is 0.200. The maximum Gasteiger partial charge on any atom is 0.296 e. The average Bonchev–Trinajstić information content (AvgIpc) is 3.48. The number of carbonyl (C=O) groups is 2. The molecule has 1 atom stereocenters. The van der Waals surface area contributed by atoms with Gasteiger partial charge in [0.1, 0.15) is 22.5 Å². The van der Waals surface area contributed by atoms with Crippen LogP contribution in [0.2, 0.25) is 0 Å². The Bertz CT molecular complexity index is 1150. The van der Waals surface area contributed by atoms with Gasteiger partial charge in [0.25, 0.3) is 5.91 Å². The van der Waals surface area contributed by atoms with Gasteiger partial charge in [0.15, 0.2) is 5.76 Å². The van der Waals surface area contributed by atoms with Crippen LogP contribution < -0.4 is 14.4 Å². The summed E-state index contributed by atoms with van der Waals surface area (Å²) in [6, 6.07) is 7.50. The first kappa shape index (κ1) is 20.0. The molecule has 4 rings (SSSR count). The number of nitrogens with zero attached hydrogens (tertiary/aromatic N) is 3. The molecule has 0 bridgehead atoms. The van der Waals surface area contributed by atoms with Crippen molar-refractivity contribution < 1.29 is 24.2 Å². The van der Waals surface area contributed by atoms with Crippen LogP contribution in [0.5, 0.6) is 11.5 Å². The largest absolute Gasteiger partial charge is 0.503 e. The molecule has 1 N–H and O–H groups in total. The highest BCUT2D eigenvalue weighted by atomic mass is 32.1. The van der Waals surface area contributed by atoms with E-state index in [4.69, 9.17) is 9.47 Å². The molecule has 3 aromatic rings. The van der Waals surface area contributed by atoms with Crippen molar-refractivity contribution in [2.45, 2.75) is 13.0 Å². The number of aryl methyl sites for hydroxylation is 1. The summed E-state index contributed by atoms with van der Waals surface area (Å²) >= 11 is 2.42. The minimum atomic E-state index is -0.954. The van der Waals surface area contributed by atoms with E-state index in [0.717, 1.165) is 0 Å². The van der Waals surface area contributed by atoms with Crippen LogP contribution in [-0.4, -0.2) is 41.2 Å². The van der Waals surface area contributed by atoms with Crippen LogP contribution in [0.25, 0.3) is 0 Å². The van der Waals surface area contributed by atoms with Crippen LogP contribution in [0.15, 0.2) is 47.0 Å². The average molecular weight is 444 g/mol. The molecule has 0 aliphatic carbocycles. The Labute approximate surface area is 180 Å². The van der Waals surface area contributed by atoms with Crippen molar-refractivity contribution in [3.05, 3.63) is 62.5 Å². The number of anilines is 1. The quantitative estimate of drug-likeness (QED) is 0.580. The Morgan fingerprint density at radius 1 is 1.20 bits per heavy atom. The highest BCUT2D eigenvalue weighted by Crippen LogP contribution is 2.46. The van der Waals surface area contributed by atoms with Gasteiger partial charge in [-0.25, -0.2) is 0 Å². The van der Waals surface area contributed by atoms with Gasteiger partial charge in [0.2, 0.25) is 10.9 Å². The fourth-order valence-corrected chi connectivity index (χ4v) is 4.70. The predicted molar refractivity (Wildman–Crippen MR) is 113 cm³/mol. The summed E-state index contributed by atoms with van der Waals surface area (Å²) in [6.07, 6.45) is 0. The zero-order valence-corrected chi connectivity index (χ0v) is 17.9.